The Morgan fingerprint density at radius 3 is 2.17 bits per heavy atom. The number of hydrogen-bond acceptors (Lipinski definition) is 8. The summed E-state index contributed by atoms with van der Waals surface area (Å²) >= 11 is 0. The number of hydrogen-bond donors (Lipinski definition) is 4. The summed E-state index contributed by atoms with van der Waals surface area (Å²) in [6.07, 6.45) is 18.0. The molecule has 1 fully saturated rings. The van der Waals surface area contributed by atoms with E-state index in [9.17, 15) is 30.0 Å². The first-order valence-corrected chi connectivity index (χ1v) is 16.5. The first-order valence-electron chi connectivity index (χ1n) is 16.5. The number of ether oxygens (including phenoxy) is 2. The number of aliphatic hydroxyl groups is 4. The summed E-state index contributed by atoms with van der Waals surface area (Å²) < 4.78 is 10.2. The van der Waals surface area contributed by atoms with Crippen LogP contribution < -0.4 is 0 Å². The Morgan fingerprint density at radius 2 is 1.48 bits per heavy atom. The lowest BCUT2D eigenvalue weighted by molar-refractivity contribution is -0.151. The van der Waals surface area contributed by atoms with E-state index in [-0.39, 0.29) is 43.9 Å². The number of aliphatic hydroxyl groups excluding tert-OH is 4. The summed E-state index contributed by atoms with van der Waals surface area (Å²) in [5, 5.41) is 40.9. The standard InChI is InChI=1S/C34H60O8/c1-4-6-11-17-27(35)21-22-30-29(31(37)23-32(30)38)18-14-15-20-34(40)42-25-28(36)24-41-33(39)19-13-10-8-7-9-12-16-26(3)5-2/h14-15,21-22,26-32,35-38H,4-13,16-20,23-25H2,1-3H3/b15-14-,22-21+/t26?,27-,28+,29+,30-,31+,32-/m1/s1. The zero-order chi connectivity index (χ0) is 31.2. The van der Waals surface area contributed by atoms with Crippen LogP contribution in [-0.4, -0.2) is 70.0 Å². The highest BCUT2D eigenvalue weighted by molar-refractivity contribution is 5.71. The van der Waals surface area contributed by atoms with Crippen LogP contribution in [-0.2, 0) is 19.1 Å². The van der Waals surface area contributed by atoms with Crippen LogP contribution >= 0.6 is 0 Å². The Morgan fingerprint density at radius 1 is 0.833 bits per heavy atom. The second kappa shape index (κ2) is 23.7. The first-order chi connectivity index (χ1) is 20.2. The molecule has 1 rings (SSSR count). The van der Waals surface area contributed by atoms with Gasteiger partial charge in [-0.2, -0.15) is 0 Å². The van der Waals surface area contributed by atoms with Gasteiger partial charge in [-0.1, -0.05) is 109 Å². The van der Waals surface area contributed by atoms with E-state index in [1.807, 2.05) is 6.08 Å². The van der Waals surface area contributed by atoms with E-state index in [1.165, 1.54) is 32.1 Å². The Labute approximate surface area is 254 Å². The van der Waals surface area contributed by atoms with Gasteiger partial charge in [0, 0.05) is 18.8 Å². The van der Waals surface area contributed by atoms with Gasteiger partial charge in [0.05, 0.1) is 24.7 Å². The molecular formula is C34H60O8. The van der Waals surface area contributed by atoms with Gasteiger partial charge in [-0.25, -0.2) is 0 Å². The third-order valence-corrected chi connectivity index (χ3v) is 8.33. The van der Waals surface area contributed by atoms with Gasteiger partial charge in [0.1, 0.15) is 19.3 Å². The third-order valence-electron chi connectivity index (χ3n) is 8.33. The maximum Gasteiger partial charge on any atom is 0.309 e. The highest BCUT2D eigenvalue weighted by atomic mass is 16.6. The third kappa shape index (κ3) is 18.0. The quantitative estimate of drug-likeness (QED) is 0.0625. The lowest BCUT2D eigenvalue weighted by atomic mass is 9.89. The zero-order valence-electron chi connectivity index (χ0n) is 26.5. The van der Waals surface area contributed by atoms with Gasteiger partial charge in [0.15, 0.2) is 0 Å². The van der Waals surface area contributed by atoms with Crippen LogP contribution in [0.5, 0.6) is 0 Å². The van der Waals surface area contributed by atoms with Gasteiger partial charge in [-0.05, 0) is 31.1 Å². The molecule has 0 aromatic heterocycles. The van der Waals surface area contributed by atoms with E-state index in [0.717, 1.165) is 44.4 Å². The molecule has 7 atom stereocenters. The molecule has 0 amide bonds. The Kier molecular flexibility index (Phi) is 21.6. The average Bonchev–Trinajstić information content (AvgIpc) is 3.24. The van der Waals surface area contributed by atoms with E-state index >= 15 is 0 Å². The lowest BCUT2D eigenvalue weighted by Gasteiger charge is -2.19. The molecule has 0 aromatic carbocycles. The van der Waals surface area contributed by atoms with Gasteiger partial charge in [-0.15, -0.1) is 0 Å². The molecule has 1 saturated carbocycles. The number of rotatable bonds is 24. The smallest absolute Gasteiger partial charge is 0.309 e. The molecule has 8 nitrogen and oxygen atoms in total. The minimum absolute atomic E-state index is 0.00611. The molecule has 1 aliphatic carbocycles. The molecule has 0 bridgehead atoms. The predicted octanol–water partition coefficient (Wildman–Crippen LogP) is 5.79. The maximum absolute atomic E-state index is 12.0. The summed E-state index contributed by atoms with van der Waals surface area (Å²) in [6.45, 7) is 6.17. The minimum atomic E-state index is -1.08. The van der Waals surface area contributed by atoms with Crippen molar-refractivity contribution in [2.24, 2.45) is 17.8 Å². The van der Waals surface area contributed by atoms with E-state index in [4.69, 9.17) is 9.47 Å². The second-order valence-electron chi connectivity index (χ2n) is 12.2. The van der Waals surface area contributed by atoms with Crippen molar-refractivity contribution >= 4 is 11.9 Å². The van der Waals surface area contributed by atoms with Crippen molar-refractivity contribution in [1.82, 2.24) is 0 Å². The van der Waals surface area contributed by atoms with E-state index < -0.39 is 30.4 Å². The Balaban J connectivity index is 2.19. The fourth-order valence-corrected chi connectivity index (χ4v) is 5.33. The summed E-state index contributed by atoms with van der Waals surface area (Å²) in [5.74, 6) is -0.530. The average molecular weight is 597 g/mol. The van der Waals surface area contributed by atoms with E-state index in [1.54, 1.807) is 18.2 Å². The van der Waals surface area contributed by atoms with Crippen molar-refractivity contribution in [3.05, 3.63) is 24.3 Å². The summed E-state index contributed by atoms with van der Waals surface area (Å²) in [7, 11) is 0. The molecule has 4 N–H and O–H groups in total. The fraction of sp³-hybridized carbons (Fsp3) is 0.824. The number of allylic oxidation sites excluding steroid dienone is 1. The van der Waals surface area contributed by atoms with Gasteiger partial charge < -0.3 is 29.9 Å². The Bertz CT molecular complexity index is 767. The van der Waals surface area contributed by atoms with Crippen LogP contribution in [0.15, 0.2) is 24.3 Å². The minimum Gasteiger partial charge on any atom is -0.463 e. The number of carbonyl (C=O) groups is 2. The molecule has 0 radical (unpaired) electrons. The van der Waals surface area contributed by atoms with Crippen LogP contribution in [0.25, 0.3) is 0 Å². The van der Waals surface area contributed by atoms with Gasteiger partial charge in [-0.3, -0.25) is 9.59 Å². The van der Waals surface area contributed by atoms with Crippen LogP contribution in [0.3, 0.4) is 0 Å². The van der Waals surface area contributed by atoms with Crippen molar-refractivity contribution < 1.29 is 39.5 Å². The lowest BCUT2D eigenvalue weighted by Crippen LogP contribution is -2.25. The van der Waals surface area contributed by atoms with Crippen molar-refractivity contribution in [2.45, 2.75) is 148 Å². The number of unbranched alkanes of at least 4 members (excludes halogenated alkanes) is 7. The highest BCUT2D eigenvalue weighted by Gasteiger charge is 2.39. The van der Waals surface area contributed by atoms with Gasteiger partial charge >= 0.3 is 11.9 Å². The maximum atomic E-state index is 12.0. The van der Waals surface area contributed by atoms with Crippen molar-refractivity contribution in [1.29, 1.82) is 0 Å². The largest absolute Gasteiger partial charge is 0.463 e. The molecule has 0 aromatic rings. The summed E-state index contributed by atoms with van der Waals surface area (Å²) in [5.41, 5.74) is 0. The summed E-state index contributed by atoms with van der Waals surface area (Å²) in [6, 6.07) is 0. The van der Waals surface area contributed by atoms with Crippen molar-refractivity contribution in [3.63, 3.8) is 0 Å². The molecule has 0 heterocycles. The molecule has 8 heteroatoms. The zero-order valence-corrected chi connectivity index (χ0v) is 26.5. The Hall–Kier alpha value is -1.74. The first kappa shape index (κ1) is 38.3. The SMILES string of the molecule is CCCCC[C@@H](O)/C=C/[C@@H]1[C@H](C/C=C\CC(=O)OC[C@@H](O)COC(=O)CCCCCCCCC(C)CC)[C@@H](O)C[C@H]1O. The van der Waals surface area contributed by atoms with Crippen LogP contribution in [0, 0.1) is 17.8 Å². The molecule has 1 aliphatic rings. The monoisotopic (exact) mass is 596 g/mol. The van der Waals surface area contributed by atoms with Crippen LogP contribution in [0.1, 0.15) is 124 Å². The van der Waals surface area contributed by atoms with Crippen molar-refractivity contribution in [3.8, 4) is 0 Å². The molecule has 0 spiro atoms. The molecule has 244 valence electrons. The molecule has 0 saturated heterocycles. The molecule has 1 unspecified atom stereocenters. The van der Waals surface area contributed by atoms with Crippen LogP contribution in [0.4, 0.5) is 0 Å². The number of carbonyl (C=O) groups excluding carboxylic acids is 2. The predicted molar refractivity (Wildman–Crippen MR) is 166 cm³/mol. The topological polar surface area (TPSA) is 134 Å². The van der Waals surface area contributed by atoms with Gasteiger partial charge in [0.2, 0.25) is 0 Å². The normalized spacial score (nSPS) is 22.9. The van der Waals surface area contributed by atoms with E-state index in [0.29, 0.717) is 19.3 Å². The van der Waals surface area contributed by atoms with Crippen molar-refractivity contribution in [2.75, 3.05) is 13.2 Å². The van der Waals surface area contributed by atoms with Gasteiger partial charge in [0.25, 0.3) is 0 Å². The second-order valence-corrected chi connectivity index (χ2v) is 12.2. The molecule has 0 aliphatic heterocycles. The van der Waals surface area contributed by atoms with Crippen LogP contribution in [0.2, 0.25) is 0 Å². The molecular weight excluding hydrogens is 536 g/mol. The highest BCUT2D eigenvalue weighted by Crippen LogP contribution is 2.36. The summed E-state index contributed by atoms with van der Waals surface area (Å²) in [4.78, 5) is 24.0. The number of esters is 2. The molecule has 42 heavy (non-hydrogen) atoms. The fourth-order valence-electron chi connectivity index (χ4n) is 5.33. The van der Waals surface area contributed by atoms with E-state index in [2.05, 4.69) is 20.8 Å².